The maximum Gasteiger partial charge on any atom is 0.405 e. The van der Waals surface area contributed by atoms with Crippen molar-refractivity contribution in [3.63, 3.8) is 0 Å². The maximum absolute atomic E-state index is 12.8. The predicted molar refractivity (Wildman–Crippen MR) is 102 cm³/mol. The first-order valence-corrected chi connectivity index (χ1v) is 8.90. The van der Waals surface area contributed by atoms with Gasteiger partial charge in [0.2, 0.25) is 5.88 Å². The van der Waals surface area contributed by atoms with Crippen molar-refractivity contribution in [3.05, 3.63) is 41.9 Å². The summed E-state index contributed by atoms with van der Waals surface area (Å²) in [6, 6.07) is 6.33. The molecule has 0 aliphatic rings. The molecule has 0 bridgehead atoms. The van der Waals surface area contributed by atoms with Crippen molar-refractivity contribution in [3.8, 4) is 23.1 Å². The molecular weight excluding hydrogens is 382 g/mol. The maximum atomic E-state index is 12.8. The Kier molecular flexibility index (Phi) is 7.04. The average molecular weight is 404 g/mol. The van der Waals surface area contributed by atoms with Crippen molar-refractivity contribution in [2.24, 2.45) is 5.92 Å². The summed E-state index contributed by atoms with van der Waals surface area (Å²) in [5, 5.41) is 20.7. The number of hydrogen-bond donors (Lipinski definition) is 2. The standard InChI is InChI=1S/C20H22F2N4O3/c1-12(8-20(2,3)26-19(27)28)11-29-18-14(9-23)6-15(10-25-18)13-4-5-24-16(7-13)17(21)22/h4-7,10,12,17,26H,8,11H2,1-3H3,(H,27,28). The Labute approximate surface area is 167 Å². The van der Waals surface area contributed by atoms with Crippen LogP contribution in [0.4, 0.5) is 13.6 Å². The normalized spacial score (nSPS) is 12.3. The molecule has 0 fully saturated rings. The first-order valence-electron chi connectivity index (χ1n) is 8.90. The first kappa shape index (κ1) is 22.0. The van der Waals surface area contributed by atoms with Crippen LogP contribution in [0.1, 0.15) is 44.9 Å². The summed E-state index contributed by atoms with van der Waals surface area (Å²) < 4.78 is 31.3. The summed E-state index contributed by atoms with van der Waals surface area (Å²) in [5.74, 6) is 0.119. The van der Waals surface area contributed by atoms with Gasteiger partial charge in [-0.15, -0.1) is 0 Å². The third kappa shape index (κ3) is 6.38. The summed E-state index contributed by atoms with van der Waals surface area (Å²) in [6.07, 6.45) is -0.545. The average Bonchev–Trinajstić information content (AvgIpc) is 2.64. The number of rotatable bonds is 8. The summed E-state index contributed by atoms with van der Waals surface area (Å²) in [5.41, 5.74) is 0.160. The summed E-state index contributed by atoms with van der Waals surface area (Å²) >= 11 is 0. The van der Waals surface area contributed by atoms with E-state index in [1.807, 2.05) is 13.0 Å². The molecule has 2 N–H and O–H groups in total. The van der Waals surface area contributed by atoms with Gasteiger partial charge in [0.05, 0.1) is 6.61 Å². The number of halogens is 2. The SMILES string of the molecule is CC(COc1ncc(-c2ccnc(C(F)F)c2)cc1C#N)CC(C)(C)NC(=O)O. The number of nitrogens with one attached hydrogen (secondary N) is 1. The van der Waals surface area contributed by atoms with E-state index in [0.29, 0.717) is 17.5 Å². The zero-order chi connectivity index (χ0) is 21.6. The number of pyridine rings is 2. The number of aromatic nitrogens is 2. The highest BCUT2D eigenvalue weighted by molar-refractivity contribution is 5.66. The number of amides is 1. The lowest BCUT2D eigenvalue weighted by Crippen LogP contribution is -2.44. The van der Waals surface area contributed by atoms with Crippen molar-refractivity contribution in [1.29, 1.82) is 5.26 Å². The molecule has 0 saturated heterocycles. The Morgan fingerprint density at radius 3 is 2.69 bits per heavy atom. The van der Waals surface area contributed by atoms with Crippen LogP contribution in [0.5, 0.6) is 5.88 Å². The molecule has 9 heteroatoms. The van der Waals surface area contributed by atoms with Crippen LogP contribution < -0.4 is 10.1 Å². The molecule has 1 atom stereocenters. The Morgan fingerprint density at radius 2 is 2.07 bits per heavy atom. The Balaban J connectivity index is 2.11. The summed E-state index contributed by atoms with van der Waals surface area (Å²) in [4.78, 5) is 18.6. The fourth-order valence-electron chi connectivity index (χ4n) is 3.04. The molecule has 0 aromatic carbocycles. The number of carbonyl (C=O) groups is 1. The minimum Gasteiger partial charge on any atom is -0.476 e. The van der Waals surface area contributed by atoms with Crippen LogP contribution >= 0.6 is 0 Å². The highest BCUT2D eigenvalue weighted by atomic mass is 19.3. The number of hydrogen-bond acceptors (Lipinski definition) is 5. The molecule has 0 aliphatic carbocycles. The van der Waals surface area contributed by atoms with E-state index in [4.69, 9.17) is 9.84 Å². The van der Waals surface area contributed by atoms with Crippen LogP contribution in [0.15, 0.2) is 30.6 Å². The van der Waals surface area contributed by atoms with E-state index in [1.54, 1.807) is 19.9 Å². The van der Waals surface area contributed by atoms with Gasteiger partial charge in [-0.25, -0.2) is 18.6 Å². The first-order chi connectivity index (χ1) is 13.6. The molecule has 1 amide bonds. The monoisotopic (exact) mass is 404 g/mol. The van der Waals surface area contributed by atoms with E-state index < -0.39 is 18.1 Å². The second-order valence-electron chi connectivity index (χ2n) is 7.39. The largest absolute Gasteiger partial charge is 0.476 e. The van der Waals surface area contributed by atoms with Crippen LogP contribution in [0.25, 0.3) is 11.1 Å². The molecule has 0 aliphatic heterocycles. The van der Waals surface area contributed by atoms with E-state index >= 15 is 0 Å². The molecule has 2 rings (SSSR count). The predicted octanol–water partition coefficient (Wildman–Crippen LogP) is 4.40. The van der Waals surface area contributed by atoms with Crippen LogP contribution in [0.3, 0.4) is 0 Å². The molecule has 1 unspecified atom stereocenters. The van der Waals surface area contributed by atoms with Gasteiger partial charge in [0.25, 0.3) is 6.43 Å². The minimum atomic E-state index is -2.69. The lowest BCUT2D eigenvalue weighted by Gasteiger charge is -2.27. The van der Waals surface area contributed by atoms with E-state index in [0.717, 1.165) is 0 Å². The Bertz CT molecular complexity index is 913. The second kappa shape index (κ2) is 9.28. The van der Waals surface area contributed by atoms with E-state index in [-0.39, 0.29) is 29.7 Å². The number of nitriles is 1. The number of carboxylic acid groups (broad SMARTS) is 1. The third-order valence-electron chi connectivity index (χ3n) is 4.12. The molecule has 2 aromatic heterocycles. The molecule has 0 saturated carbocycles. The molecule has 0 radical (unpaired) electrons. The quantitative estimate of drug-likeness (QED) is 0.675. The van der Waals surface area contributed by atoms with Gasteiger partial charge in [-0.3, -0.25) is 4.98 Å². The zero-order valence-electron chi connectivity index (χ0n) is 16.3. The Morgan fingerprint density at radius 1 is 1.34 bits per heavy atom. The fourth-order valence-corrected chi connectivity index (χ4v) is 3.04. The summed E-state index contributed by atoms with van der Waals surface area (Å²) in [7, 11) is 0. The lowest BCUT2D eigenvalue weighted by atomic mass is 9.92. The van der Waals surface area contributed by atoms with Gasteiger partial charge in [0.1, 0.15) is 17.3 Å². The van der Waals surface area contributed by atoms with Crippen molar-refractivity contribution in [2.75, 3.05) is 6.61 Å². The number of ether oxygens (including phenoxy) is 1. The van der Waals surface area contributed by atoms with Crippen LogP contribution in [-0.2, 0) is 0 Å². The van der Waals surface area contributed by atoms with Gasteiger partial charge in [0, 0.05) is 23.5 Å². The molecule has 154 valence electrons. The van der Waals surface area contributed by atoms with Gasteiger partial charge >= 0.3 is 6.09 Å². The molecule has 0 spiro atoms. The molecule has 2 aromatic rings. The fraction of sp³-hybridized carbons (Fsp3) is 0.400. The van der Waals surface area contributed by atoms with Gasteiger partial charge in [0.15, 0.2) is 0 Å². The van der Waals surface area contributed by atoms with Crippen LogP contribution in [0, 0.1) is 17.2 Å². The van der Waals surface area contributed by atoms with E-state index in [2.05, 4.69) is 15.3 Å². The Hall–Kier alpha value is -3.28. The van der Waals surface area contributed by atoms with Gasteiger partial charge in [-0.1, -0.05) is 6.92 Å². The smallest absolute Gasteiger partial charge is 0.405 e. The van der Waals surface area contributed by atoms with Gasteiger partial charge < -0.3 is 15.2 Å². The van der Waals surface area contributed by atoms with Crippen molar-refractivity contribution in [2.45, 2.75) is 39.2 Å². The summed E-state index contributed by atoms with van der Waals surface area (Å²) in [6.45, 7) is 5.67. The van der Waals surface area contributed by atoms with Gasteiger partial charge in [-0.05, 0) is 49.9 Å². The van der Waals surface area contributed by atoms with E-state index in [1.165, 1.54) is 24.5 Å². The minimum absolute atomic E-state index is 0.0151. The number of alkyl halides is 2. The molecular formula is C20H22F2N4O3. The van der Waals surface area contributed by atoms with E-state index in [9.17, 15) is 18.8 Å². The van der Waals surface area contributed by atoms with Crippen LogP contribution in [-0.4, -0.2) is 33.3 Å². The van der Waals surface area contributed by atoms with Crippen molar-refractivity contribution < 1.29 is 23.4 Å². The lowest BCUT2D eigenvalue weighted by molar-refractivity contribution is 0.146. The number of nitrogens with zero attached hydrogens (tertiary/aromatic N) is 3. The molecule has 7 nitrogen and oxygen atoms in total. The molecule has 29 heavy (non-hydrogen) atoms. The highest BCUT2D eigenvalue weighted by Gasteiger charge is 2.23. The topological polar surface area (TPSA) is 108 Å². The third-order valence-corrected chi connectivity index (χ3v) is 4.12. The van der Waals surface area contributed by atoms with Crippen molar-refractivity contribution in [1.82, 2.24) is 15.3 Å². The zero-order valence-corrected chi connectivity index (χ0v) is 16.3. The van der Waals surface area contributed by atoms with Crippen LogP contribution in [0.2, 0.25) is 0 Å². The molecule has 2 heterocycles. The highest BCUT2D eigenvalue weighted by Crippen LogP contribution is 2.27. The van der Waals surface area contributed by atoms with Crippen molar-refractivity contribution >= 4 is 6.09 Å². The van der Waals surface area contributed by atoms with Gasteiger partial charge in [-0.2, -0.15) is 5.26 Å². The second-order valence-corrected chi connectivity index (χ2v) is 7.39.